The van der Waals surface area contributed by atoms with Crippen LogP contribution in [-0.4, -0.2) is 208 Å². The van der Waals surface area contributed by atoms with E-state index in [9.17, 15) is 67.4 Å². The summed E-state index contributed by atoms with van der Waals surface area (Å²) in [5, 5.41) is 53.3. The van der Waals surface area contributed by atoms with Crippen molar-refractivity contribution in [1.29, 1.82) is 0 Å². The second-order valence-electron chi connectivity index (χ2n) is 29.9. The number of urea groups is 2. The Morgan fingerprint density at radius 2 is 1.08 bits per heavy atom. The topological polar surface area (TPSA) is 541 Å². The van der Waals surface area contributed by atoms with Crippen LogP contribution in [-0.2, 0) is 94.6 Å². The van der Waals surface area contributed by atoms with Crippen molar-refractivity contribution >= 4 is 123 Å². The van der Waals surface area contributed by atoms with E-state index in [0.717, 1.165) is 10.8 Å². The van der Waals surface area contributed by atoms with Gasteiger partial charge in [-0.2, -0.15) is 0 Å². The summed E-state index contributed by atoms with van der Waals surface area (Å²) in [6.45, 7) is 9.34. The lowest BCUT2D eigenvalue weighted by molar-refractivity contribution is -0.142. The monoisotopic (exact) mass is 1650 g/mol. The molecule has 11 atom stereocenters. The van der Waals surface area contributed by atoms with E-state index in [2.05, 4.69) is 84.4 Å². The number of hydrogen-bond acceptors (Lipinski definition) is 19. The molecule has 21 N–H and O–H groups in total. The fourth-order valence-corrected chi connectivity index (χ4v) is 13.5. The third-order valence-electron chi connectivity index (χ3n) is 19.5. The molecule has 17 amide bonds. The van der Waals surface area contributed by atoms with Crippen LogP contribution in [0.15, 0.2) is 128 Å². The Morgan fingerprint density at radius 1 is 0.576 bits per heavy atom. The van der Waals surface area contributed by atoms with E-state index in [-0.39, 0.29) is 93.5 Å². The fraction of sp³-hybridized carbons (Fsp3) is 0.432. The van der Waals surface area contributed by atoms with Gasteiger partial charge in [0, 0.05) is 80.5 Å². The van der Waals surface area contributed by atoms with Gasteiger partial charge >= 0.3 is 12.1 Å². The predicted octanol–water partition coefficient (Wildman–Crippen LogP) is 0.390. The van der Waals surface area contributed by atoms with Gasteiger partial charge in [0.15, 0.2) is 0 Å². The summed E-state index contributed by atoms with van der Waals surface area (Å²) in [6.07, 6.45) is 3.45. The number of imidazole rings is 1. The minimum Gasteiger partial charge on any atom is -0.394 e. The molecule has 0 saturated carbocycles. The van der Waals surface area contributed by atoms with Crippen molar-refractivity contribution in [3.63, 3.8) is 0 Å². The fourth-order valence-electron chi connectivity index (χ4n) is 13.3. The van der Waals surface area contributed by atoms with Crippen LogP contribution in [0.1, 0.15) is 115 Å². The first-order valence-corrected chi connectivity index (χ1v) is 39.4. The van der Waals surface area contributed by atoms with Gasteiger partial charge < -0.3 is 101 Å². The molecule has 2 fully saturated rings. The molecule has 1 aromatic heterocycles. The Hall–Kier alpha value is -12.4. The number of aromatic amines is 1. The number of anilines is 2. The van der Waals surface area contributed by atoms with Gasteiger partial charge in [-0.25, -0.2) is 14.6 Å². The molecule has 8 rings (SSSR count). The first-order valence-electron chi connectivity index (χ1n) is 39.0. The molecule has 2 saturated heterocycles. The molecule has 632 valence electrons. The minimum atomic E-state index is -1.93. The molecule has 0 bridgehead atoms. The lowest BCUT2D eigenvalue weighted by Crippen LogP contribution is -2.62. The van der Waals surface area contributed by atoms with Crippen LogP contribution in [0.4, 0.5) is 21.0 Å². The van der Waals surface area contributed by atoms with Crippen LogP contribution in [0.2, 0.25) is 5.02 Å². The van der Waals surface area contributed by atoms with Crippen LogP contribution in [0, 0.1) is 5.92 Å². The zero-order chi connectivity index (χ0) is 85.7. The van der Waals surface area contributed by atoms with Crippen LogP contribution in [0.5, 0.6) is 0 Å². The summed E-state index contributed by atoms with van der Waals surface area (Å²) >= 11 is 6.27. The number of fused-ring (bicyclic) bond motifs is 1. The number of carbonyl (C=O) groups excluding carboxylic acids is 15. The summed E-state index contributed by atoms with van der Waals surface area (Å²) in [5.41, 5.74) is 13.1. The molecule has 0 spiro atoms. The van der Waals surface area contributed by atoms with E-state index in [1.165, 1.54) is 73.5 Å². The molecule has 0 radical (unpaired) electrons. The van der Waals surface area contributed by atoms with Crippen molar-refractivity contribution in [2.45, 2.75) is 191 Å². The Kier molecular flexibility index (Phi) is 34.5. The molecule has 37 heteroatoms. The molecule has 5 aromatic carbocycles. The average Bonchev–Trinajstić information content (AvgIpc) is 1.49. The third kappa shape index (κ3) is 28.8. The SMILES string of the molecule is CC(=O)N[C@H](Cc1ccc2ccccc2c1)C(=O)N[C@H](Cc1ccc(Cl)cc1)C(=O)N[C@H](CNCc1ncc[nH]1)C(=O)N[C@@H](CO)C(=O)N[C@@H](Cc1ccc(NC(=O)[C@@H]2CC(=O)NC(=O)N2)cc1)C(=O)N[C@H](Cc1ccc(NC(N)=O)cc1)C(=O)N[C@@H](CC(C)C)C(=O)N[C@@H](CCCCNC(C)C)C(=O)N1CCC[C@H]1C(=O)N[C@H](C)C(N)=O. The normalized spacial score (nSPS) is 16.1. The number of nitrogens with one attached hydrogen (secondary N) is 16. The number of halogens is 1. The van der Waals surface area contributed by atoms with E-state index in [0.29, 0.717) is 53.3 Å². The summed E-state index contributed by atoms with van der Waals surface area (Å²) in [5.74, 6) is -10.6. The number of aliphatic hydroxyl groups excluding tert-OH is 1. The van der Waals surface area contributed by atoms with Gasteiger partial charge in [0.1, 0.15) is 72.3 Å². The number of nitrogens with two attached hydrogens (primary N) is 2. The standard InChI is InChI=1S/C81H105ClN20O16/c1-44(2)34-58(71(108)93-57(14-9-10-30-86-45(3)4)79(116)102-33-11-15-66(102)78(115)89-46(5)69(83)106)94-73(110)60(37-50-21-28-56(29-22-50)92-80(84)117)96-74(111)61(38-49-19-26-55(27-20-49)91-70(107)63-40-68(105)101-81(118)100-63)97-77(114)65(43-103)99-76(113)64(41-85-42-67-87-31-32-88-67)98-75(112)62(36-48-17-24-54(82)25-18-48)95-72(109)59(90-47(6)104)39-51-16-23-52-12-7-8-13-53(52)35-51/h7-8,12-13,16-29,31-32,35,44-46,57-66,85-86,103H,9-11,14-15,30,33-34,36-43H2,1-6H3,(H2,83,106)(H,87,88)(H,89,115)(H,90,104)(H,91,107)(H,93,108)(H,94,110)(H,95,109)(H,96,111)(H,97,114)(H,98,112)(H,99,113)(H3,84,92,117)(H2,100,101,105,118)/t46-,57+,58+,59-,60-,61+,62-,63+,64-,65+,66+/m1/s1. The smallest absolute Gasteiger partial charge is 0.322 e. The van der Waals surface area contributed by atoms with Gasteiger partial charge in [0.05, 0.1) is 19.6 Å². The Morgan fingerprint density at radius 3 is 1.63 bits per heavy atom. The highest BCUT2D eigenvalue weighted by Crippen LogP contribution is 2.23. The van der Waals surface area contributed by atoms with Gasteiger partial charge in [-0.1, -0.05) is 118 Å². The maximum atomic E-state index is 15.5. The van der Waals surface area contributed by atoms with Gasteiger partial charge in [-0.3, -0.25) is 67.6 Å². The number of H-pyrrole nitrogens is 1. The summed E-state index contributed by atoms with van der Waals surface area (Å²) in [6, 6.07) is 14.0. The predicted molar refractivity (Wildman–Crippen MR) is 436 cm³/mol. The Bertz CT molecular complexity index is 4520. The Balaban J connectivity index is 1.09. The number of imide groups is 1. The third-order valence-corrected chi connectivity index (χ3v) is 19.7. The molecule has 2 aliphatic rings. The molecule has 2 aliphatic heterocycles. The number of rotatable bonds is 43. The minimum absolute atomic E-state index is 0.000174. The van der Waals surface area contributed by atoms with Gasteiger partial charge in [0.2, 0.25) is 76.8 Å². The van der Waals surface area contributed by atoms with Crippen LogP contribution < -0.4 is 91.2 Å². The summed E-state index contributed by atoms with van der Waals surface area (Å²) in [4.78, 5) is 216. The second kappa shape index (κ2) is 44.6. The molecule has 36 nitrogen and oxygen atoms in total. The molecule has 0 unspecified atom stereocenters. The first kappa shape index (κ1) is 91.1. The first-order chi connectivity index (χ1) is 56.3. The quantitative estimate of drug-likeness (QED) is 0.0230. The number of nitrogens with zero attached hydrogens (tertiary/aromatic N) is 2. The number of unbranched alkanes of at least 4 members (excludes halogenated alkanes) is 1. The molecule has 6 aromatic rings. The maximum absolute atomic E-state index is 15.5. The zero-order valence-corrected chi connectivity index (χ0v) is 67.2. The average molecular weight is 1650 g/mol. The number of aromatic nitrogens is 2. The number of benzene rings is 5. The number of aliphatic hydroxyl groups is 1. The lowest BCUT2D eigenvalue weighted by Gasteiger charge is -2.31. The highest BCUT2D eigenvalue weighted by molar-refractivity contribution is 6.30. The van der Waals surface area contributed by atoms with Crippen molar-refractivity contribution in [2.24, 2.45) is 17.4 Å². The molecule has 118 heavy (non-hydrogen) atoms. The van der Waals surface area contributed by atoms with E-state index in [4.69, 9.17) is 23.1 Å². The van der Waals surface area contributed by atoms with Gasteiger partial charge in [0.25, 0.3) is 0 Å². The summed E-state index contributed by atoms with van der Waals surface area (Å²) < 4.78 is 0. The number of amides is 17. The van der Waals surface area contributed by atoms with Crippen molar-refractivity contribution in [2.75, 3.05) is 36.9 Å². The zero-order valence-electron chi connectivity index (χ0n) is 66.4. The van der Waals surface area contributed by atoms with Crippen LogP contribution in [0.3, 0.4) is 0 Å². The highest BCUT2D eigenvalue weighted by atomic mass is 35.5. The van der Waals surface area contributed by atoms with E-state index in [1.54, 1.807) is 44.3 Å². The number of likely N-dealkylation sites (tertiary alicyclic amines) is 1. The van der Waals surface area contributed by atoms with Crippen molar-refractivity contribution < 1.29 is 77.0 Å². The largest absolute Gasteiger partial charge is 0.394 e. The van der Waals surface area contributed by atoms with E-state index < -0.39 is 168 Å². The number of hydrogen-bond donors (Lipinski definition) is 19. The maximum Gasteiger partial charge on any atom is 0.322 e. The van der Waals surface area contributed by atoms with Crippen molar-refractivity contribution in [3.8, 4) is 0 Å². The lowest BCUT2D eigenvalue weighted by atomic mass is 9.99. The van der Waals surface area contributed by atoms with Gasteiger partial charge in [-0.05, 0) is 127 Å². The molecular formula is C81H105ClN20O16. The molecular weight excluding hydrogens is 1540 g/mol. The van der Waals surface area contributed by atoms with Crippen molar-refractivity contribution in [3.05, 3.63) is 161 Å². The van der Waals surface area contributed by atoms with Crippen LogP contribution >= 0.6 is 11.6 Å². The Labute approximate surface area is 686 Å². The van der Waals surface area contributed by atoms with Crippen molar-refractivity contribution in [1.82, 2.24) is 84.0 Å². The van der Waals surface area contributed by atoms with Gasteiger partial charge in [-0.15, -0.1) is 0 Å². The molecule has 0 aliphatic carbocycles. The van der Waals surface area contributed by atoms with Crippen LogP contribution in [0.25, 0.3) is 10.8 Å². The molecule has 3 heterocycles. The number of primary amides is 2. The van der Waals surface area contributed by atoms with E-state index in [1.807, 2.05) is 61.6 Å². The summed E-state index contributed by atoms with van der Waals surface area (Å²) in [7, 11) is 0. The highest BCUT2D eigenvalue weighted by Gasteiger charge is 2.41. The van der Waals surface area contributed by atoms with E-state index >= 15 is 9.59 Å². The second-order valence-corrected chi connectivity index (χ2v) is 30.3. The number of carbonyl (C=O) groups is 15.